The number of amides is 1. The van der Waals surface area contributed by atoms with Crippen molar-refractivity contribution >= 4 is 41.2 Å². The van der Waals surface area contributed by atoms with Crippen LogP contribution in [0.1, 0.15) is 26.3 Å². The third kappa shape index (κ3) is 10.0. The summed E-state index contributed by atoms with van der Waals surface area (Å²) in [4.78, 5) is 44.8. The van der Waals surface area contributed by atoms with Crippen LogP contribution in [0.2, 0.25) is 0 Å². The van der Waals surface area contributed by atoms with Gasteiger partial charge in [0.1, 0.15) is 17.6 Å². The molecule has 0 aromatic heterocycles. The second kappa shape index (κ2) is 13.7. The lowest BCUT2D eigenvalue weighted by Crippen LogP contribution is -2.42. The highest BCUT2D eigenvalue weighted by Crippen LogP contribution is 2.15. The number of thioether (sulfide) groups is 1. The van der Waals surface area contributed by atoms with Gasteiger partial charge in [0, 0.05) is 22.4 Å². The molecule has 14 heteroatoms. The molecule has 0 heterocycles. The number of ether oxygens (including phenoxy) is 1. The number of nitrogens with two attached hydrogens (primary N) is 1. The number of ketones is 1. The number of alkyl halides is 3. The molecule has 2 rings (SSSR count). The number of carbonyl (C=O) groups is 4. The number of aliphatic carboxylic acids is 2. The van der Waals surface area contributed by atoms with Crippen molar-refractivity contribution in [3.8, 4) is 5.75 Å². The number of benzene rings is 2. The topological polar surface area (TPSA) is 180 Å². The molecular formula is C22H22F3N3O7S. The zero-order valence-corrected chi connectivity index (χ0v) is 19.5. The fourth-order valence-electron chi connectivity index (χ4n) is 2.45. The van der Waals surface area contributed by atoms with Gasteiger partial charge >= 0.3 is 18.1 Å². The van der Waals surface area contributed by atoms with E-state index in [0.717, 1.165) is 0 Å². The van der Waals surface area contributed by atoms with Crippen LogP contribution in [0.25, 0.3) is 0 Å². The van der Waals surface area contributed by atoms with Gasteiger partial charge in [0.05, 0.1) is 0 Å². The number of carbonyl (C=O) groups excluding carboxylic acids is 2. The molecule has 194 valence electrons. The smallest absolute Gasteiger partial charge is 0.482 e. The van der Waals surface area contributed by atoms with Crippen molar-refractivity contribution in [2.75, 3.05) is 18.6 Å². The quantitative estimate of drug-likeness (QED) is 0.175. The van der Waals surface area contributed by atoms with Gasteiger partial charge in [0.15, 0.2) is 12.4 Å². The molecular weight excluding hydrogens is 507 g/mol. The Bertz CT molecular complexity index is 1090. The van der Waals surface area contributed by atoms with Crippen LogP contribution in [0.4, 0.5) is 13.2 Å². The second-order valence-electron chi connectivity index (χ2n) is 6.85. The average Bonchev–Trinajstić information content (AvgIpc) is 2.82. The lowest BCUT2D eigenvalue weighted by molar-refractivity contribution is -0.192. The van der Waals surface area contributed by atoms with Crippen LogP contribution in [0.15, 0.2) is 48.5 Å². The van der Waals surface area contributed by atoms with Crippen LogP contribution in [-0.4, -0.2) is 70.5 Å². The van der Waals surface area contributed by atoms with E-state index in [1.165, 1.54) is 36.0 Å². The highest BCUT2D eigenvalue weighted by Gasteiger charge is 2.38. The molecule has 10 nitrogen and oxygen atoms in total. The number of halogens is 3. The molecule has 0 saturated heterocycles. The minimum atomic E-state index is -5.08. The summed E-state index contributed by atoms with van der Waals surface area (Å²) in [6.45, 7) is -0.471. The van der Waals surface area contributed by atoms with Gasteiger partial charge in [0.25, 0.3) is 5.91 Å². The van der Waals surface area contributed by atoms with Crippen molar-refractivity contribution in [2.45, 2.75) is 12.2 Å². The number of carboxylic acid groups (broad SMARTS) is 2. The largest absolute Gasteiger partial charge is 0.490 e. The van der Waals surface area contributed by atoms with Crippen molar-refractivity contribution in [3.05, 3.63) is 65.2 Å². The Morgan fingerprint density at radius 1 is 1.00 bits per heavy atom. The number of nitrogen functional groups attached to an aromatic ring is 1. The van der Waals surface area contributed by atoms with E-state index in [-0.39, 0.29) is 11.6 Å². The summed E-state index contributed by atoms with van der Waals surface area (Å²) in [5, 5.41) is 25.9. The average molecular weight is 529 g/mol. The van der Waals surface area contributed by atoms with E-state index in [9.17, 15) is 27.6 Å². The van der Waals surface area contributed by atoms with Crippen molar-refractivity contribution in [3.63, 3.8) is 0 Å². The first-order chi connectivity index (χ1) is 16.8. The molecule has 1 atom stereocenters. The van der Waals surface area contributed by atoms with E-state index < -0.39 is 36.7 Å². The molecule has 0 radical (unpaired) electrons. The third-order valence-electron chi connectivity index (χ3n) is 4.16. The normalized spacial score (nSPS) is 11.3. The fourth-order valence-corrected chi connectivity index (χ4v) is 3.02. The summed E-state index contributed by atoms with van der Waals surface area (Å²) < 4.78 is 36.8. The van der Waals surface area contributed by atoms with Crippen molar-refractivity contribution < 1.29 is 47.3 Å². The number of hydrogen-bond acceptors (Lipinski definition) is 7. The van der Waals surface area contributed by atoms with Crippen LogP contribution in [0.5, 0.6) is 5.75 Å². The molecule has 0 aliphatic rings. The maximum Gasteiger partial charge on any atom is 0.490 e. The zero-order chi connectivity index (χ0) is 27.5. The number of rotatable bonds is 10. The third-order valence-corrected chi connectivity index (χ3v) is 4.82. The summed E-state index contributed by atoms with van der Waals surface area (Å²) in [7, 11) is 0. The van der Waals surface area contributed by atoms with E-state index in [2.05, 4.69) is 5.32 Å². The van der Waals surface area contributed by atoms with Gasteiger partial charge in [-0.15, -0.1) is 0 Å². The molecule has 2 aromatic carbocycles. The van der Waals surface area contributed by atoms with Crippen LogP contribution >= 0.6 is 11.8 Å². The molecule has 0 bridgehead atoms. The summed E-state index contributed by atoms with van der Waals surface area (Å²) in [6.07, 6.45) is -3.25. The Morgan fingerprint density at radius 3 is 1.89 bits per heavy atom. The molecule has 0 aliphatic heterocycles. The van der Waals surface area contributed by atoms with E-state index in [4.69, 9.17) is 30.9 Å². The number of amidine groups is 1. The standard InChI is InChI=1S/C20H21N3O5S.C2HF3O2/c1-29-11-16(23-20(27)14-4-2-13(3-5-14)19(21)22)18(26)12-6-8-15(9-7-12)28-10-17(24)25;3-2(4,5)1(6)7/h2-9,16H,10-11H2,1H3,(H3,21,22)(H,23,27)(H,24,25);(H,6,7). The first-order valence-corrected chi connectivity index (χ1v) is 11.2. The lowest BCUT2D eigenvalue weighted by Gasteiger charge is -2.17. The highest BCUT2D eigenvalue weighted by atomic mass is 32.2. The molecule has 0 aliphatic carbocycles. The predicted octanol–water partition coefficient (Wildman–Crippen LogP) is 2.41. The molecule has 0 fully saturated rings. The number of Topliss-reactive ketones (excluding diaryl/α,β-unsaturated/α-hetero) is 1. The fraction of sp³-hybridized carbons (Fsp3) is 0.227. The zero-order valence-electron chi connectivity index (χ0n) is 18.7. The molecule has 6 N–H and O–H groups in total. The molecule has 0 spiro atoms. The Hall–Kier alpha value is -4.07. The van der Waals surface area contributed by atoms with E-state index in [0.29, 0.717) is 28.2 Å². The van der Waals surface area contributed by atoms with Crippen LogP contribution in [0, 0.1) is 5.41 Å². The van der Waals surface area contributed by atoms with E-state index in [1.54, 1.807) is 24.3 Å². The number of nitrogens with one attached hydrogen (secondary N) is 2. The predicted molar refractivity (Wildman–Crippen MR) is 125 cm³/mol. The van der Waals surface area contributed by atoms with Crippen molar-refractivity contribution in [1.29, 1.82) is 5.41 Å². The summed E-state index contributed by atoms with van der Waals surface area (Å²) in [5.74, 6) is -3.90. The molecule has 2 aromatic rings. The molecule has 36 heavy (non-hydrogen) atoms. The van der Waals surface area contributed by atoms with Crippen molar-refractivity contribution in [1.82, 2.24) is 5.32 Å². The van der Waals surface area contributed by atoms with Crippen LogP contribution in [-0.2, 0) is 9.59 Å². The number of carboxylic acids is 2. The van der Waals surface area contributed by atoms with E-state index >= 15 is 0 Å². The molecule has 0 saturated carbocycles. The lowest BCUT2D eigenvalue weighted by atomic mass is 10.0. The SMILES string of the molecule is CSCC(NC(=O)c1ccc(C(=N)N)cc1)C(=O)c1ccc(OCC(=O)O)cc1.O=C(O)C(F)(F)F. The van der Waals surface area contributed by atoms with Gasteiger partial charge < -0.3 is 26.0 Å². The summed E-state index contributed by atoms with van der Waals surface area (Å²) in [6, 6.07) is 11.6. The Morgan fingerprint density at radius 2 is 1.47 bits per heavy atom. The second-order valence-corrected chi connectivity index (χ2v) is 7.76. The molecule has 1 amide bonds. The number of hydrogen-bond donors (Lipinski definition) is 5. The first-order valence-electron chi connectivity index (χ1n) is 9.79. The van der Waals surface area contributed by atoms with Gasteiger partial charge in [-0.1, -0.05) is 12.1 Å². The maximum absolute atomic E-state index is 12.8. The molecule has 1 unspecified atom stereocenters. The monoisotopic (exact) mass is 529 g/mol. The highest BCUT2D eigenvalue weighted by molar-refractivity contribution is 7.98. The van der Waals surface area contributed by atoms with Gasteiger partial charge in [0.2, 0.25) is 0 Å². The first kappa shape index (κ1) is 30.0. The van der Waals surface area contributed by atoms with Crippen molar-refractivity contribution in [2.24, 2.45) is 5.73 Å². The van der Waals surface area contributed by atoms with Gasteiger partial charge in [-0.25, -0.2) is 9.59 Å². The minimum absolute atomic E-state index is 0.0943. The summed E-state index contributed by atoms with van der Waals surface area (Å²) in [5.41, 5.74) is 6.64. The summed E-state index contributed by atoms with van der Waals surface area (Å²) >= 11 is 1.42. The maximum atomic E-state index is 12.8. The Balaban J connectivity index is 0.000000809. The Labute approximate surface area is 207 Å². The van der Waals surface area contributed by atoms with Crippen LogP contribution in [0.3, 0.4) is 0 Å². The Kier molecular flexibility index (Phi) is 11.4. The van der Waals surface area contributed by atoms with E-state index in [1.807, 2.05) is 6.26 Å². The minimum Gasteiger partial charge on any atom is -0.482 e. The van der Waals surface area contributed by atoms with Gasteiger partial charge in [-0.2, -0.15) is 24.9 Å². The van der Waals surface area contributed by atoms with Crippen LogP contribution < -0.4 is 15.8 Å². The van der Waals surface area contributed by atoms with Gasteiger partial charge in [-0.05, 0) is 42.7 Å². The van der Waals surface area contributed by atoms with Gasteiger partial charge in [-0.3, -0.25) is 15.0 Å².